The van der Waals surface area contributed by atoms with Gasteiger partial charge in [0.15, 0.2) is 0 Å². The van der Waals surface area contributed by atoms with Crippen molar-refractivity contribution in [3.8, 4) is 0 Å². The van der Waals surface area contributed by atoms with E-state index >= 15 is 0 Å². The molecule has 1 aromatic rings. The fraction of sp³-hybridized carbons (Fsp3) is 0.111. The second-order valence-corrected chi connectivity index (χ2v) is 2.43. The molecule has 0 spiro atoms. The number of hydrogen-bond donors (Lipinski definition) is 1. The van der Waals surface area contributed by atoms with Gasteiger partial charge >= 0.3 is 0 Å². The number of carbonyl (C=O) groups excluding carboxylic acids is 1. The van der Waals surface area contributed by atoms with E-state index in [2.05, 4.69) is 4.98 Å². The lowest BCUT2D eigenvalue weighted by atomic mass is 10.2. The molecule has 1 heterocycles. The quantitative estimate of drug-likeness (QED) is 0.524. The summed E-state index contributed by atoms with van der Waals surface area (Å²) in [7, 11) is 0. The van der Waals surface area contributed by atoms with Crippen LogP contribution in [0.15, 0.2) is 18.2 Å². The molecule has 3 nitrogen and oxygen atoms in total. The topological polar surface area (TPSA) is 56.0 Å². The van der Waals surface area contributed by atoms with Gasteiger partial charge in [-0.2, -0.15) is 0 Å². The van der Waals surface area contributed by atoms with Gasteiger partial charge in [0.25, 0.3) is 0 Å². The number of rotatable bonds is 2. The molecule has 1 aromatic heterocycles. The summed E-state index contributed by atoms with van der Waals surface area (Å²) in [5, 5.41) is 0. The summed E-state index contributed by atoms with van der Waals surface area (Å²) in [6.45, 7) is 1.91. The van der Waals surface area contributed by atoms with Crippen LogP contribution >= 0.6 is 0 Å². The van der Waals surface area contributed by atoms with E-state index in [4.69, 9.17) is 5.73 Å². The van der Waals surface area contributed by atoms with Gasteiger partial charge in [-0.3, -0.25) is 4.79 Å². The predicted molar refractivity (Wildman–Crippen MR) is 48.5 cm³/mol. The Bertz CT molecular complexity index is 318. The zero-order valence-corrected chi connectivity index (χ0v) is 6.82. The average molecular weight is 162 g/mol. The highest BCUT2D eigenvalue weighted by Crippen LogP contribution is 2.08. The molecule has 0 aliphatic heterocycles. The monoisotopic (exact) mass is 162 g/mol. The van der Waals surface area contributed by atoms with Crippen LogP contribution in [0.5, 0.6) is 0 Å². The van der Waals surface area contributed by atoms with Gasteiger partial charge < -0.3 is 5.73 Å². The molecule has 0 radical (unpaired) electrons. The Kier molecular flexibility index (Phi) is 2.58. The molecule has 0 saturated carbocycles. The summed E-state index contributed by atoms with van der Waals surface area (Å²) in [5.74, 6) is 0.464. The Morgan fingerprint density at radius 1 is 1.50 bits per heavy atom. The molecule has 3 heteroatoms. The fourth-order valence-corrected chi connectivity index (χ4v) is 0.859. The van der Waals surface area contributed by atoms with Crippen LogP contribution in [-0.4, -0.2) is 11.3 Å². The molecule has 0 aromatic carbocycles. The number of hydrogen-bond acceptors (Lipinski definition) is 3. The number of nitrogens with zero attached hydrogens (tertiary/aromatic N) is 1. The number of pyridine rings is 1. The van der Waals surface area contributed by atoms with Gasteiger partial charge in [-0.1, -0.05) is 6.07 Å². The molecule has 2 N–H and O–H groups in total. The first kappa shape index (κ1) is 8.46. The Morgan fingerprint density at radius 3 is 2.92 bits per heavy atom. The minimum absolute atomic E-state index is 0.464. The van der Waals surface area contributed by atoms with E-state index in [1.165, 1.54) is 6.08 Å². The molecular formula is C9H10N2O. The molecule has 0 amide bonds. The van der Waals surface area contributed by atoms with E-state index in [-0.39, 0.29) is 0 Å². The van der Waals surface area contributed by atoms with Crippen molar-refractivity contribution in [2.75, 3.05) is 5.73 Å². The maximum absolute atomic E-state index is 10.0. The third-order valence-corrected chi connectivity index (χ3v) is 1.49. The zero-order valence-electron chi connectivity index (χ0n) is 6.82. The lowest BCUT2D eigenvalue weighted by Gasteiger charge is -1.98. The Morgan fingerprint density at radius 2 is 2.25 bits per heavy atom. The molecule has 0 fully saturated rings. The van der Waals surface area contributed by atoms with E-state index in [1.54, 1.807) is 12.1 Å². The number of aryl methyl sites for hydroxylation is 1. The first-order valence-corrected chi connectivity index (χ1v) is 3.59. The summed E-state index contributed by atoms with van der Waals surface area (Å²) in [4.78, 5) is 14.1. The van der Waals surface area contributed by atoms with Gasteiger partial charge in [0.1, 0.15) is 12.1 Å². The van der Waals surface area contributed by atoms with Crippen molar-refractivity contribution in [2.24, 2.45) is 0 Å². The summed E-state index contributed by atoms with van der Waals surface area (Å²) in [6, 6.07) is 3.60. The second kappa shape index (κ2) is 3.67. The summed E-state index contributed by atoms with van der Waals surface area (Å²) >= 11 is 0. The number of nitrogen functional groups attached to an aromatic ring is 1. The van der Waals surface area contributed by atoms with Crippen molar-refractivity contribution < 1.29 is 4.79 Å². The van der Waals surface area contributed by atoms with Crippen LogP contribution in [0, 0.1) is 6.92 Å². The number of allylic oxidation sites excluding steroid dienone is 1. The van der Waals surface area contributed by atoms with Gasteiger partial charge in [0.2, 0.25) is 0 Å². The predicted octanol–water partition coefficient (Wildman–Crippen LogP) is 1.18. The molecule has 1 rings (SSSR count). The number of nitrogens with two attached hydrogens (primary N) is 1. The largest absolute Gasteiger partial charge is 0.384 e. The van der Waals surface area contributed by atoms with Gasteiger partial charge in [-0.25, -0.2) is 4.98 Å². The Hall–Kier alpha value is -1.64. The van der Waals surface area contributed by atoms with Crippen molar-refractivity contribution in [3.63, 3.8) is 0 Å². The molecule has 0 aliphatic carbocycles. The minimum Gasteiger partial charge on any atom is -0.384 e. The minimum atomic E-state index is 0.464. The Labute approximate surface area is 70.9 Å². The van der Waals surface area contributed by atoms with Crippen molar-refractivity contribution in [1.29, 1.82) is 0 Å². The fourth-order valence-electron chi connectivity index (χ4n) is 0.859. The van der Waals surface area contributed by atoms with E-state index in [9.17, 15) is 4.79 Å². The maximum Gasteiger partial charge on any atom is 0.142 e. The molecule has 0 saturated heterocycles. The molecule has 0 unspecified atom stereocenters. The summed E-state index contributed by atoms with van der Waals surface area (Å²) in [6.07, 6.45) is 3.75. The van der Waals surface area contributed by atoms with Crippen molar-refractivity contribution in [3.05, 3.63) is 29.5 Å². The average Bonchev–Trinajstić information content (AvgIpc) is 2.07. The molecule has 0 atom stereocenters. The van der Waals surface area contributed by atoms with Crippen molar-refractivity contribution in [2.45, 2.75) is 6.92 Å². The smallest absolute Gasteiger partial charge is 0.142 e. The van der Waals surface area contributed by atoms with Gasteiger partial charge in [0, 0.05) is 0 Å². The van der Waals surface area contributed by atoms with E-state index in [1.807, 2.05) is 13.0 Å². The lowest BCUT2D eigenvalue weighted by Crippen LogP contribution is -1.93. The first-order chi connectivity index (χ1) is 5.74. The van der Waals surface area contributed by atoms with Crippen LogP contribution in [0.4, 0.5) is 5.82 Å². The SMILES string of the molecule is Cc1ccc(N)nc1/C=C/C=O. The standard InChI is InChI=1S/C9H10N2O/c1-7-4-5-9(10)11-8(7)3-2-6-12/h2-6H,1H3,(H2,10,11)/b3-2+. The molecule has 62 valence electrons. The molecule has 0 aliphatic rings. The van der Waals surface area contributed by atoms with Crippen molar-refractivity contribution >= 4 is 18.2 Å². The summed E-state index contributed by atoms with van der Waals surface area (Å²) in [5.41, 5.74) is 7.21. The highest BCUT2D eigenvalue weighted by molar-refractivity contribution is 5.73. The van der Waals surface area contributed by atoms with Crippen molar-refractivity contribution in [1.82, 2.24) is 4.98 Å². The van der Waals surface area contributed by atoms with Crippen LogP contribution in [0.1, 0.15) is 11.3 Å². The van der Waals surface area contributed by atoms with Crippen LogP contribution < -0.4 is 5.73 Å². The normalized spacial score (nSPS) is 10.4. The number of carbonyl (C=O) groups is 1. The van der Waals surface area contributed by atoms with Crippen LogP contribution in [0.25, 0.3) is 6.08 Å². The van der Waals surface area contributed by atoms with Gasteiger partial charge in [-0.15, -0.1) is 0 Å². The van der Waals surface area contributed by atoms with Gasteiger partial charge in [0.05, 0.1) is 5.69 Å². The van der Waals surface area contributed by atoms with Gasteiger partial charge in [-0.05, 0) is 30.7 Å². The van der Waals surface area contributed by atoms with E-state index < -0.39 is 0 Å². The summed E-state index contributed by atoms with van der Waals surface area (Å²) < 4.78 is 0. The highest BCUT2D eigenvalue weighted by atomic mass is 16.1. The molecule has 0 bridgehead atoms. The van der Waals surface area contributed by atoms with E-state index in [0.717, 1.165) is 11.3 Å². The third-order valence-electron chi connectivity index (χ3n) is 1.49. The number of aldehydes is 1. The second-order valence-electron chi connectivity index (χ2n) is 2.43. The maximum atomic E-state index is 10.0. The number of anilines is 1. The number of aromatic nitrogens is 1. The van der Waals surface area contributed by atoms with Crippen LogP contribution in [0.3, 0.4) is 0 Å². The Balaban J connectivity index is 3.04. The molecular weight excluding hydrogens is 152 g/mol. The third kappa shape index (κ3) is 1.92. The van der Waals surface area contributed by atoms with Crippen LogP contribution in [-0.2, 0) is 4.79 Å². The molecule has 12 heavy (non-hydrogen) atoms. The first-order valence-electron chi connectivity index (χ1n) is 3.59. The highest BCUT2D eigenvalue weighted by Gasteiger charge is 1.94. The zero-order chi connectivity index (χ0) is 8.97. The lowest BCUT2D eigenvalue weighted by molar-refractivity contribution is -0.104. The van der Waals surface area contributed by atoms with E-state index in [0.29, 0.717) is 12.1 Å². The van der Waals surface area contributed by atoms with Crippen LogP contribution in [0.2, 0.25) is 0 Å².